The number of nitrogens with zero attached hydrogens (tertiary/aromatic N) is 2. The summed E-state index contributed by atoms with van der Waals surface area (Å²) < 4.78 is 5.44. The van der Waals surface area contributed by atoms with Crippen molar-refractivity contribution >= 4 is 5.91 Å². The second kappa shape index (κ2) is 6.82. The average molecular weight is 330 g/mol. The molecule has 1 aromatic carbocycles. The van der Waals surface area contributed by atoms with Crippen LogP contribution in [0.1, 0.15) is 18.4 Å². The zero-order valence-corrected chi connectivity index (χ0v) is 14.0. The Hall–Kier alpha value is -1.43. The molecule has 0 radical (unpaired) electrons. The summed E-state index contributed by atoms with van der Waals surface area (Å²) in [6.45, 7) is 5.12. The second-order valence-corrected chi connectivity index (χ2v) is 7.40. The van der Waals surface area contributed by atoms with E-state index < -0.39 is 6.10 Å². The average Bonchev–Trinajstić information content (AvgIpc) is 3.11. The highest BCUT2D eigenvalue weighted by Crippen LogP contribution is 2.34. The number of hydrogen-bond acceptors (Lipinski definition) is 4. The molecule has 0 saturated carbocycles. The number of carbonyl (C=O) groups excluding carboxylic acids is 1. The van der Waals surface area contributed by atoms with Crippen molar-refractivity contribution < 1.29 is 14.6 Å². The maximum absolute atomic E-state index is 12.5. The Labute approximate surface area is 143 Å². The molecule has 5 nitrogen and oxygen atoms in total. The summed E-state index contributed by atoms with van der Waals surface area (Å²) >= 11 is 0. The van der Waals surface area contributed by atoms with Crippen molar-refractivity contribution in [3.8, 4) is 0 Å². The molecule has 0 aromatic heterocycles. The number of aliphatic hydroxyl groups excluding tert-OH is 1. The fraction of sp³-hybridized carbons (Fsp3) is 0.632. The molecule has 130 valence electrons. The molecule has 24 heavy (non-hydrogen) atoms. The van der Waals surface area contributed by atoms with E-state index >= 15 is 0 Å². The maximum atomic E-state index is 12.5. The van der Waals surface area contributed by atoms with Gasteiger partial charge < -0.3 is 19.6 Å². The number of ether oxygens (including phenoxy) is 1. The molecule has 3 saturated heterocycles. The van der Waals surface area contributed by atoms with Gasteiger partial charge in [-0.3, -0.25) is 4.79 Å². The molecular weight excluding hydrogens is 304 g/mol. The Morgan fingerprint density at radius 1 is 1.12 bits per heavy atom. The highest BCUT2D eigenvalue weighted by Gasteiger charge is 2.51. The van der Waals surface area contributed by atoms with Crippen LogP contribution in [0.4, 0.5) is 0 Å². The number of carbonyl (C=O) groups is 1. The highest BCUT2D eigenvalue weighted by molar-refractivity contribution is 5.84. The van der Waals surface area contributed by atoms with Crippen molar-refractivity contribution in [2.45, 2.75) is 31.5 Å². The van der Waals surface area contributed by atoms with E-state index in [9.17, 15) is 9.90 Å². The summed E-state index contributed by atoms with van der Waals surface area (Å²) in [5.41, 5.74) is 1.13. The van der Waals surface area contributed by atoms with Gasteiger partial charge in [-0.1, -0.05) is 30.3 Å². The van der Waals surface area contributed by atoms with Crippen LogP contribution in [0.2, 0.25) is 0 Å². The van der Waals surface area contributed by atoms with Crippen LogP contribution in [0.5, 0.6) is 0 Å². The van der Waals surface area contributed by atoms with Crippen molar-refractivity contribution in [1.82, 2.24) is 9.80 Å². The zero-order valence-electron chi connectivity index (χ0n) is 14.0. The highest BCUT2D eigenvalue weighted by atomic mass is 16.5. The first kappa shape index (κ1) is 16.1. The Morgan fingerprint density at radius 3 is 2.62 bits per heavy atom. The molecule has 0 unspecified atom stereocenters. The quantitative estimate of drug-likeness (QED) is 0.899. The standard InChI is InChI=1S/C19H26N2O3/c22-18-16-12-20(10-15-6-8-24-9-7-15)13-17(16)21(19(18)23)11-14-4-2-1-3-5-14/h1-5,15-18,22H,6-13H2/t16-,17+,18-/m0/s1. The molecule has 3 fully saturated rings. The fourth-order valence-corrected chi connectivity index (χ4v) is 4.47. The van der Waals surface area contributed by atoms with Crippen LogP contribution in [0.25, 0.3) is 0 Å². The van der Waals surface area contributed by atoms with Crippen molar-refractivity contribution in [2.75, 3.05) is 32.8 Å². The molecule has 1 N–H and O–H groups in total. The van der Waals surface area contributed by atoms with Gasteiger partial charge in [0.25, 0.3) is 5.91 Å². The third-order valence-electron chi connectivity index (χ3n) is 5.80. The first-order chi connectivity index (χ1) is 11.7. The van der Waals surface area contributed by atoms with Gasteiger partial charge in [0.15, 0.2) is 0 Å². The van der Waals surface area contributed by atoms with E-state index in [-0.39, 0.29) is 17.9 Å². The van der Waals surface area contributed by atoms with Gasteiger partial charge in [0, 0.05) is 45.3 Å². The van der Waals surface area contributed by atoms with Gasteiger partial charge >= 0.3 is 0 Å². The minimum absolute atomic E-state index is 0.0565. The van der Waals surface area contributed by atoms with Crippen LogP contribution >= 0.6 is 0 Å². The van der Waals surface area contributed by atoms with Crippen molar-refractivity contribution in [1.29, 1.82) is 0 Å². The number of hydrogen-bond donors (Lipinski definition) is 1. The lowest BCUT2D eigenvalue weighted by Gasteiger charge is -2.29. The van der Waals surface area contributed by atoms with Gasteiger partial charge in [-0.2, -0.15) is 0 Å². The Balaban J connectivity index is 1.42. The predicted molar refractivity (Wildman–Crippen MR) is 90.3 cm³/mol. The molecule has 3 aliphatic rings. The third-order valence-corrected chi connectivity index (χ3v) is 5.80. The third kappa shape index (κ3) is 3.08. The summed E-state index contributed by atoms with van der Waals surface area (Å²) in [6.07, 6.45) is 1.42. The Kier molecular flexibility index (Phi) is 4.57. The topological polar surface area (TPSA) is 53.0 Å². The lowest BCUT2D eigenvalue weighted by atomic mass is 9.99. The van der Waals surface area contributed by atoms with Gasteiger partial charge in [-0.25, -0.2) is 0 Å². The largest absolute Gasteiger partial charge is 0.383 e. The molecule has 3 atom stereocenters. The smallest absolute Gasteiger partial charge is 0.252 e. The Morgan fingerprint density at radius 2 is 1.88 bits per heavy atom. The van der Waals surface area contributed by atoms with Gasteiger partial charge in [-0.05, 0) is 24.3 Å². The molecule has 0 aliphatic carbocycles. The van der Waals surface area contributed by atoms with E-state index in [2.05, 4.69) is 4.90 Å². The molecule has 1 amide bonds. The summed E-state index contributed by atoms with van der Waals surface area (Å²) in [5, 5.41) is 10.4. The molecule has 0 bridgehead atoms. The van der Waals surface area contributed by atoms with Gasteiger partial charge in [0.2, 0.25) is 0 Å². The fourth-order valence-electron chi connectivity index (χ4n) is 4.47. The van der Waals surface area contributed by atoms with Gasteiger partial charge in [0.1, 0.15) is 6.10 Å². The summed E-state index contributed by atoms with van der Waals surface area (Å²) in [6, 6.07) is 10.2. The predicted octanol–water partition coefficient (Wildman–Crippen LogP) is 1.12. The second-order valence-electron chi connectivity index (χ2n) is 7.40. The zero-order chi connectivity index (χ0) is 16.5. The van der Waals surface area contributed by atoms with Crippen LogP contribution in [0.15, 0.2) is 30.3 Å². The van der Waals surface area contributed by atoms with E-state index in [0.29, 0.717) is 12.5 Å². The van der Waals surface area contributed by atoms with Gasteiger partial charge in [0.05, 0.1) is 6.04 Å². The molecular formula is C19H26N2O3. The minimum atomic E-state index is -0.835. The lowest BCUT2D eigenvalue weighted by molar-refractivity contribution is -0.136. The van der Waals surface area contributed by atoms with Crippen molar-refractivity contribution in [2.24, 2.45) is 11.8 Å². The molecule has 3 aliphatic heterocycles. The summed E-state index contributed by atoms with van der Waals surface area (Å²) in [4.78, 5) is 16.8. The molecule has 4 rings (SSSR count). The van der Waals surface area contributed by atoms with Crippen LogP contribution in [-0.4, -0.2) is 65.8 Å². The lowest BCUT2D eigenvalue weighted by Crippen LogP contribution is -2.40. The van der Waals surface area contributed by atoms with E-state index in [0.717, 1.165) is 51.3 Å². The van der Waals surface area contributed by atoms with Crippen molar-refractivity contribution in [3.63, 3.8) is 0 Å². The molecule has 1 aromatic rings. The first-order valence-corrected chi connectivity index (χ1v) is 9.05. The van der Waals surface area contributed by atoms with E-state index in [1.165, 1.54) is 0 Å². The molecule has 0 spiro atoms. The Bertz CT molecular complexity index is 573. The van der Waals surface area contributed by atoms with Gasteiger partial charge in [-0.15, -0.1) is 0 Å². The molecule has 3 heterocycles. The number of aliphatic hydroxyl groups is 1. The van der Waals surface area contributed by atoms with Crippen molar-refractivity contribution in [3.05, 3.63) is 35.9 Å². The van der Waals surface area contributed by atoms with Crippen LogP contribution in [0.3, 0.4) is 0 Å². The van der Waals surface area contributed by atoms with E-state index in [1.54, 1.807) is 0 Å². The number of amides is 1. The molecule has 5 heteroatoms. The number of rotatable bonds is 4. The maximum Gasteiger partial charge on any atom is 0.252 e. The van der Waals surface area contributed by atoms with Crippen LogP contribution in [-0.2, 0) is 16.1 Å². The van der Waals surface area contributed by atoms with E-state index in [4.69, 9.17) is 4.74 Å². The minimum Gasteiger partial charge on any atom is -0.383 e. The number of likely N-dealkylation sites (tertiary alicyclic amines) is 2. The van der Waals surface area contributed by atoms with Crippen LogP contribution in [0, 0.1) is 11.8 Å². The first-order valence-electron chi connectivity index (χ1n) is 9.05. The normalized spacial score (nSPS) is 31.6. The number of fused-ring (bicyclic) bond motifs is 1. The monoisotopic (exact) mass is 330 g/mol. The number of benzene rings is 1. The summed E-state index contributed by atoms with van der Waals surface area (Å²) in [5.74, 6) is 0.647. The van der Waals surface area contributed by atoms with E-state index in [1.807, 2.05) is 35.2 Å². The van der Waals surface area contributed by atoms with Crippen LogP contribution < -0.4 is 0 Å². The SMILES string of the molecule is O=C1[C@@H](O)[C@H]2CN(CC3CCOCC3)C[C@H]2N1Cc1ccccc1. The summed E-state index contributed by atoms with van der Waals surface area (Å²) in [7, 11) is 0.